The molecule has 3 rings (SSSR count). The number of hydrogen-bond donors (Lipinski definition) is 1. The molecular weight excluding hydrogens is 194 g/mol. The van der Waals surface area contributed by atoms with E-state index in [-0.39, 0.29) is 0 Å². The van der Waals surface area contributed by atoms with E-state index in [1.54, 1.807) is 0 Å². The molecule has 3 unspecified atom stereocenters. The molecular formula is C15H21N. The van der Waals surface area contributed by atoms with Crippen molar-refractivity contribution >= 4 is 0 Å². The Bertz CT molecular complexity index is 336. The third-order valence-corrected chi connectivity index (χ3v) is 4.49. The summed E-state index contributed by atoms with van der Waals surface area (Å²) in [6.45, 7) is 0. The van der Waals surface area contributed by atoms with E-state index in [4.69, 9.17) is 5.73 Å². The summed E-state index contributed by atoms with van der Waals surface area (Å²) in [5.74, 6) is 2.95. The van der Waals surface area contributed by atoms with Gasteiger partial charge in [0.25, 0.3) is 0 Å². The van der Waals surface area contributed by atoms with Gasteiger partial charge in [-0.05, 0) is 55.4 Å². The maximum absolute atomic E-state index is 6.31. The minimum absolute atomic E-state index is 0.438. The molecule has 0 heterocycles. The summed E-state index contributed by atoms with van der Waals surface area (Å²) in [5, 5.41) is 0. The first kappa shape index (κ1) is 10.3. The topological polar surface area (TPSA) is 26.0 Å². The van der Waals surface area contributed by atoms with E-state index in [9.17, 15) is 0 Å². The molecule has 2 aliphatic carbocycles. The van der Waals surface area contributed by atoms with Crippen LogP contribution >= 0.6 is 0 Å². The average Bonchev–Trinajstić information content (AvgIpc) is 2.94. The monoisotopic (exact) mass is 215 g/mol. The van der Waals surface area contributed by atoms with Crippen molar-refractivity contribution in [2.45, 2.75) is 38.1 Å². The normalized spacial score (nSPS) is 33.4. The summed E-state index contributed by atoms with van der Waals surface area (Å²) in [7, 11) is 0. The minimum atomic E-state index is 0.438. The highest BCUT2D eigenvalue weighted by atomic mass is 14.7. The molecule has 1 nitrogen and oxygen atoms in total. The molecule has 0 aliphatic heterocycles. The van der Waals surface area contributed by atoms with Crippen LogP contribution < -0.4 is 5.73 Å². The molecule has 86 valence electrons. The molecule has 16 heavy (non-hydrogen) atoms. The molecule has 0 bridgehead atoms. The highest BCUT2D eigenvalue weighted by Gasteiger charge is 2.46. The van der Waals surface area contributed by atoms with Crippen LogP contribution in [0.15, 0.2) is 30.3 Å². The number of nitrogens with two attached hydrogens (primary N) is 1. The highest BCUT2D eigenvalue weighted by Crippen LogP contribution is 2.55. The van der Waals surface area contributed by atoms with E-state index >= 15 is 0 Å². The Morgan fingerprint density at radius 2 is 1.75 bits per heavy atom. The van der Waals surface area contributed by atoms with Crippen molar-refractivity contribution in [1.82, 2.24) is 0 Å². The van der Waals surface area contributed by atoms with Crippen molar-refractivity contribution < 1.29 is 0 Å². The van der Waals surface area contributed by atoms with Crippen molar-refractivity contribution in [2.75, 3.05) is 0 Å². The smallest absolute Gasteiger partial charge is 0.00705 e. The Morgan fingerprint density at radius 3 is 2.44 bits per heavy atom. The second-order valence-electron chi connectivity index (χ2n) is 5.68. The van der Waals surface area contributed by atoms with Crippen molar-refractivity contribution in [3.8, 4) is 0 Å². The lowest BCUT2D eigenvalue weighted by Crippen LogP contribution is -2.29. The molecule has 0 spiro atoms. The lowest BCUT2D eigenvalue weighted by Gasteiger charge is -2.20. The summed E-state index contributed by atoms with van der Waals surface area (Å²) in [6.07, 6.45) is 6.64. The summed E-state index contributed by atoms with van der Waals surface area (Å²) < 4.78 is 0. The molecule has 2 saturated carbocycles. The first-order valence-corrected chi connectivity index (χ1v) is 6.62. The largest absolute Gasteiger partial charge is 0.327 e. The zero-order valence-corrected chi connectivity index (χ0v) is 9.81. The first-order valence-electron chi connectivity index (χ1n) is 6.62. The molecule has 0 amide bonds. The third-order valence-electron chi connectivity index (χ3n) is 4.49. The fourth-order valence-corrected chi connectivity index (χ4v) is 3.32. The predicted octanol–water partition coefficient (Wildman–Crippen LogP) is 2.99. The van der Waals surface area contributed by atoms with E-state index in [1.807, 2.05) is 0 Å². The number of benzene rings is 1. The molecule has 1 aromatic rings. The van der Waals surface area contributed by atoms with Crippen LogP contribution in [0.2, 0.25) is 0 Å². The second kappa shape index (κ2) is 4.21. The van der Waals surface area contributed by atoms with Crippen LogP contribution in [-0.2, 0) is 6.42 Å². The average molecular weight is 215 g/mol. The summed E-state index contributed by atoms with van der Waals surface area (Å²) in [4.78, 5) is 0. The molecule has 0 radical (unpaired) electrons. The molecule has 0 saturated heterocycles. The molecule has 1 heteroatoms. The lowest BCUT2D eigenvalue weighted by molar-refractivity contribution is 0.377. The minimum Gasteiger partial charge on any atom is -0.327 e. The van der Waals surface area contributed by atoms with Crippen molar-refractivity contribution in [2.24, 2.45) is 23.5 Å². The molecule has 1 aromatic carbocycles. The van der Waals surface area contributed by atoms with Gasteiger partial charge in [0.1, 0.15) is 0 Å². The zero-order chi connectivity index (χ0) is 11.0. The third kappa shape index (κ3) is 2.15. The number of fused-ring (bicyclic) bond motifs is 1. The Balaban J connectivity index is 1.48. The van der Waals surface area contributed by atoms with E-state index in [2.05, 4.69) is 30.3 Å². The van der Waals surface area contributed by atoms with Gasteiger partial charge in [0.05, 0.1) is 0 Å². The zero-order valence-electron chi connectivity index (χ0n) is 9.81. The summed E-state index contributed by atoms with van der Waals surface area (Å²) in [6, 6.07) is 11.2. The Hall–Kier alpha value is -0.820. The summed E-state index contributed by atoms with van der Waals surface area (Å²) >= 11 is 0. The number of aryl methyl sites for hydroxylation is 1. The van der Waals surface area contributed by atoms with Crippen molar-refractivity contribution in [3.63, 3.8) is 0 Å². The Morgan fingerprint density at radius 1 is 1.06 bits per heavy atom. The lowest BCUT2D eigenvalue weighted by atomic mass is 9.91. The number of rotatable bonds is 4. The fourth-order valence-electron chi connectivity index (χ4n) is 3.32. The molecule has 2 N–H and O–H groups in total. The highest BCUT2D eigenvalue weighted by molar-refractivity contribution is 5.15. The van der Waals surface area contributed by atoms with Gasteiger partial charge in [-0.2, -0.15) is 0 Å². The maximum atomic E-state index is 6.31. The van der Waals surface area contributed by atoms with Gasteiger partial charge in [-0.15, -0.1) is 0 Å². The van der Waals surface area contributed by atoms with Crippen LogP contribution in [0, 0.1) is 17.8 Å². The standard InChI is InChI=1S/C15H21N/c16-15(14-9-12-8-13(12)10-14)7-6-11-4-2-1-3-5-11/h1-5,12-15H,6-10,16H2. The van der Waals surface area contributed by atoms with Gasteiger partial charge in [-0.3, -0.25) is 0 Å². The molecule has 0 aromatic heterocycles. The van der Waals surface area contributed by atoms with Crippen LogP contribution in [0.1, 0.15) is 31.2 Å². The van der Waals surface area contributed by atoms with Crippen LogP contribution in [0.3, 0.4) is 0 Å². The van der Waals surface area contributed by atoms with Gasteiger partial charge in [-0.1, -0.05) is 30.3 Å². The van der Waals surface area contributed by atoms with Crippen LogP contribution in [0.25, 0.3) is 0 Å². The van der Waals surface area contributed by atoms with E-state index in [0.29, 0.717) is 6.04 Å². The molecule has 3 atom stereocenters. The number of hydrogen-bond acceptors (Lipinski definition) is 1. The fraction of sp³-hybridized carbons (Fsp3) is 0.600. The quantitative estimate of drug-likeness (QED) is 0.821. The van der Waals surface area contributed by atoms with Gasteiger partial charge in [0, 0.05) is 6.04 Å². The van der Waals surface area contributed by atoms with Gasteiger partial charge >= 0.3 is 0 Å². The second-order valence-corrected chi connectivity index (χ2v) is 5.68. The predicted molar refractivity (Wildman–Crippen MR) is 67.1 cm³/mol. The summed E-state index contributed by atoms with van der Waals surface area (Å²) in [5.41, 5.74) is 7.74. The van der Waals surface area contributed by atoms with Crippen LogP contribution in [0.4, 0.5) is 0 Å². The van der Waals surface area contributed by atoms with Gasteiger partial charge in [-0.25, -0.2) is 0 Å². The molecule has 2 aliphatic rings. The van der Waals surface area contributed by atoms with Gasteiger partial charge in [0.15, 0.2) is 0 Å². The first-order chi connectivity index (χ1) is 7.83. The molecule has 2 fully saturated rings. The van der Waals surface area contributed by atoms with E-state index in [0.717, 1.165) is 30.6 Å². The van der Waals surface area contributed by atoms with Gasteiger partial charge < -0.3 is 5.73 Å². The van der Waals surface area contributed by atoms with Crippen LogP contribution in [-0.4, -0.2) is 6.04 Å². The Labute approximate surface area is 98.0 Å². The van der Waals surface area contributed by atoms with E-state index < -0.39 is 0 Å². The van der Waals surface area contributed by atoms with Gasteiger partial charge in [0.2, 0.25) is 0 Å². The SMILES string of the molecule is NC(CCc1ccccc1)C1CC2CC2C1. The van der Waals surface area contributed by atoms with Crippen molar-refractivity contribution in [3.05, 3.63) is 35.9 Å². The maximum Gasteiger partial charge on any atom is 0.00705 e. The van der Waals surface area contributed by atoms with Crippen molar-refractivity contribution in [1.29, 1.82) is 0 Å². The van der Waals surface area contributed by atoms with E-state index in [1.165, 1.54) is 24.8 Å². The van der Waals surface area contributed by atoms with Crippen LogP contribution in [0.5, 0.6) is 0 Å². The Kier molecular flexibility index (Phi) is 2.72.